The SMILES string of the molecule is FC(F)(F)c1cc2oc(Nc3nnc(C4CC4)o3)nc2cn1. The van der Waals surface area contributed by atoms with Crippen molar-refractivity contribution in [3.8, 4) is 0 Å². The number of hydrogen-bond acceptors (Lipinski definition) is 7. The molecular weight excluding hydrogens is 303 g/mol. The molecule has 0 spiro atoms. The highest BCUT2D eigenvalue weighted by Crippen LogP contribution is 2.39. The molecule has 3 aromatic rings. The van der Waals surface area contributed by atoms with Crippen molar-refractivity contribution in [2.75, 3.05) is 5.32 Å². The van der Waals surface area contributed by atoms with Gasteiger partial charge in [-0.1, -0.05) is 5.10 Å². The van der Waals surface area contributed by atoms with Crippen molar-refractivity contribution in [3.05, 3.63) is 23.8 Å². The summed E-state index contributed by atoms with van der Waals surface area (Å²) in [6.07, 6.45) is -1.52. The zero-order chi connectivity index (χ0) is 15.3. The number of aromatic nitrogens is 4. The van der Waals surface area contributed by atoms with Crippen molar-refractivity contribution in [2.24, 2.45) is 0 Å². The molecule has 0 aliphatic heterocycles. The topological polar surface area (TPSA) is 89.9 Å². The van der Waals surface area contributed by atoms with Crippen LogP contribution in [0.25, 0.3) is 11.1 Å². The van der Waals surface area contributed by atoms with Gasteiger partial charge in [0.1, 0.15) is 11.2 Å². The van der Waals surface area contributed by atoms with E-state index in [1.54, 1.807) is 0 Å². The van der Waals surface area contributed by atoms with Crippen molar-refractivity contribution in [1.29, 1.82) is 0 Å². The Labute approximate surface area is 120 Å². The van der Waals surface area contributed by atoms with E-state index in [4.69, 9.17) is 8.83 Å². The van der Waals surface area contributed by atoms with Crippen molar-refractivity contribution >= 4 is 23.1 Å². The number of alkyl halides is 3. The minimum absolute atomic E-state index is 0.0354. The number of rotatable bonds is 3. The lowest BCUT2D eigenvalue weighted by atomic mass is 10.3. The van der Waals surface area contributed by atoms with E-state index >= 15 is 0 Å². The molecule has 1 aliphatic rings. The van der Waals surface area contributed by atoms with Gasteiger partial charge in [0.2, 0.25) is 5.89 Å². The summed E-state index contributed by atoms with van der Waals surface area (Å²) in [5, 5.41) is 10.3. The average molecular weight is 311 g/mol. The van der Waals surface area contributed by atoms with Gasteiger partial charge in [0.15, 0.2) is 5.58 Å². The number of nitrogens with zero attached hydrogens (tertiary/aromatic N) is 4. The Bertz CT molecular complexity index is 837. The van der Waals surface area contributed by atoms with Crippen LogP contribution in [0.4, 0.5) is 25.2 Å². The highest BCUT2D eigenvalue weighted by atomic mass is 19.4. The smallest absolute Gasteiger partial charge is 0.423 e. The summed E-state index contributed by atoms with van der Waals surface area (Å²) in [6.45, 7) is 0. The van der Waals surface area contributed by atoms with Crippen molar-refractivity contribution < 1.29 is 22.0 Å². The van der Waals surface area contributed by atoms with Gasteiger partial charge in [-0.05, 0) is 12.8 Å². The third-order valence-electron chi connectivity index (χ3n) is 3.15. The number of fused-ring (bicyclic) bond motifs is 1. The number of halogens is 3. The minimum Gasteiger partial charge on any atom is -0.423 e. The van der Waals surface area contributed by atoms with Gasteiger partial charge in [-0.3, -0.25) is 5.32 Å². The largest absolute Gasteiger partial charge is 0.433 e. The summed E-state index contributed by atoms with van der Waals surface area (Å²) in [6, 6.07) is 0.830. The van der Waals surface area contributed by atoms with E-state index in [1.807, 2.05) is 0 Å². The van der Waals surface area contributed by atoms with E-state index in [0.717, 1.165) is 25.1 Å². The van der Waals surface area contributed by atoms with Gasteiger partial charge in [0, 0.05) is 12.0 Å². The van der Waals surface area contributed by atoms with Gasteiger partial charge in [0.25, 0.3) is 0 Å². The van der Waals surface area contributed by atoms with Gasteiger partial charge < -0.3 is 8.83 Å². The standard InChI is InChI=1S/C12H8F3N5O2/c13-12(14,15)8-3-7-6(4-16-8)17-10(21-7)18-11-20-19-9(22-11)5-1-2-5/h3-5H,1-2H2,(H,17,18,20). The Morgan fingerprint density at radius 1 is 1.14 bits per heavy atom. The molecule has 1 saturated carbocycles. The first-order valence-electron chi connectivity index (χ1n) is 6.43. The lowest BCUT2D eigenvalue weighted by Crippen LogP contribution is -2.06. The fraction of sp³-hybridized carbons (Fsp3) is 0.333. The maximum Gasteiger partial charge on any atom is 0.433 e. The summed E-state index contributed by atoms with van der Waals surface area (Å²) in [4.78, 5) is 7.27. The lowest BCUT2D eigenvalue weighted by molar-refractivity contribution is -0.141. The van der Waals surface area contributed by atoms with E-state index < -0.39 is 11.9 Å². The summed E-state index contributed by atoms with van der Waals surface area (Å²) in [7, 11) is 0. The van der Waals surface area contributed by atoms with E-state index in [-0.39, 0.29) is 23.1 Å². The van der Waals surface area contributed by atoms with Crippen LogP contribution in [0.5, 0.6) is 0 Å². The molecule has 22 heavy (non-hydrogen) atoms. The average Bonchev–Trinajstić information content (AvgIpc) is 3.06. The second kappa shape index (κ2) is 4.42. The Hall–Kier alpha value is -2.65. The van der Waals surface area contributed by atoms with Crippen LogP contribution in [0.15, 0.2) is 21.1 Å². The molecule has 0 aromatic carbocycles. The molecule has 3 aromatic heterocycles. The number of nitrogens with one attached hydrogen (secondary N) is 1. The van der Waals surface area contributed by atoms with Crippen LogP contribution in [0.2, 0.25) is 0 Å². The second-order valence-electron chi connectivity index (χ2n) is 4.90. The maximum atomic E-state index is 12.6. The molecule has 1 N–H and O–H groups in total. The molecule has 0 atom stereocenters. The Morgan fingerprint density at radius 3 is 2.68 bits per heavy atom. The van der Waals surface area contributed by atoms with Crippen LogP contribution in [-0.2, 0) is 6.18 Å². The Kier molecular flexibility index (Phi) is 2.62. The van der Waals surface area contributed by atoms with Crippen molar-refractivity contribution in [2.45, 2.75) is 24.9 Å². The highest BCUT2D eigenvalue weighted by Gasteiger charge is 2.33. The predicted molar refractivity (Wildman–Crippen MR) is 66.4 cm³/mol. The van der Waals surface area contributed by atoms with E-state index in [2.05, 4.69) is 25.5 Å². The highest BCUT2D eigenvalue weighted by molar-refractivity contribution is 5.74. The number of hydrogen-bond donors (Lipinski definition) is 1. The van der Waals surface area contributed by atoms with Crippen LogP contribution in [0.1, 0.15) is 30.3 Å². The second-order valence-corrected chi connectivity index (χ2v) is 4.90. The minimum atomic E-state index is -4.54. The zero-order valence-corrected chi connectivity index (χ0v) is 10.9. The van der Waals surface area contributed by atoms with Gasteiger partial charge in [-0.25, -0.2) is 4.98 Å². The fourth-order valence-electron chi connectivity index (χ4n) is 1.91. The normalized spacial score (nSPS) is 15.4. The molecule has 0 amide bonds. The van der Waals surface area contributed by atoms with Gasteiger partial charge in [-0.15, -0.1) is 5.10 Å². The number of anilines is 2. The molecular formula is C12H8F3N5O2. The fourth-order valence-corrected chi connectivity index (χ4v) is 1.91. The quantitative estimate of drug-likeness (QED) is 0.794. The summed E-state index contributed by atoms with van der Waals surface area (Å²) in [5.41, 5.74) is -0.888. The first kappa shape index (κ1) is 13.0. The van der Waals surface area contributed by atoms with Gasteiger partial charge >= 0.3 is 18.2 Å². The van der Waals surface area contributed by atoms with E-state index in [1.165, 1.54) is 0 Å². The zero-order valence-electron chi connectivity index (χ0n) is 10.9. The monoisotopic (exact) mass is 311 g/mol. The molecule has 1 fully saturated rings. The predicted octanol–water partition coefficient (Wildman–Crippen LogP) is 3.25. The molecule has 0 radical (unpaired) electrons. The van der Waals surface area contributed by atoms with Crippen molar-refractivity contribution in [1.82, 2.24) is 20.2 Å². The molecule has 10 heteroatoms. The number of oxazole rings is 1. The molecule has 3 heterocycles. The van der Waals surface area contributed by atoms with Gasteiger partial charge in [0.05, 0.1) is 6.20 Å². The molecule has 0 saturated heterocycles. The molecule has 114 valence electrons. The number of pyridine rings is 1. The summed E-state index contributed by atoms with van der Waals surface area (Å²) < 4.78 is 48.3. The van der Waals surface area contributed by atoms with Crippen LogP contribution in [0, 0.1) is 0 Å². The van der Waals surface area contributed by atoms with Crippen LogP contribution < -0.4 is 5.32 Å². The molecule has 1 aliphatic carbocycles. The van der Waals surface area contributed by atoms with Gasteiger partial charge in [-0.2, -0.15) is 18.2 Å². The van der Waals surface area contributed by atoms with Crippen LogP contribution >= 0.6 is 0 Å². The van der Waals surface area contributed by atoms with Crippen molar-refractivity contribution in [3.63, 3.8) is 0 Å². The Balaban J connectivity index is 1.61. The molecule has 7 nitrogen and oxygen atoms in total. The van der Waals surface area contributed by atoms with Crippen LogP contribution in [-0.4, -0.2) is 20.2 Å². The summed E-state index contributed by atoms with van der Waals surface area (Å²) in [5.74, 6) is 0.824. The lowest BCUT2D eigenvalue weighted by Gasteiger charge is -2.03. The first-order chi connectivity index (χ1) is 10.5. The third-order valence-corrected chi connectivity index (χ3v) is 3.15. The molecule has 4 rings (SSSR count). The van der Waals surface area contributed by atoms with Crippen LogP contribution in [0.3, 0.4) is 0 Å². The summed E-state index contributed by atoms with van der Waals surface area (Å²) >= 11 is 0. The maximum absolute atomic E-state index is 12.6. The molecule has 0 unspecified atom stereocenters. The van der Waals surface area contributed by atoms with E-state index in [0.29, 0.717) is 11.8 Å². The Morgan fingerprint density at radius 2 is 1.95 bits per heavy atom. The van der Waals surface area contributed by atoms with E-state index in [9.17, 15) is 13.2 Å². The molecule has 0 bridgehead atoms. The first-order valence-corrected chi connectivity index (χ1v) is 6.43. The third kappa shape index (κ3) is 2.36.